The molecule has 1 unspecified atom stereocenters. The van der Waals surface area contributed by atoms with Gasteiger partial charge < -0.3 is 9.94 Å². The van der Waals surface area contributed by atoms with E-state index in [0.29, 0.717) is 0 Å². The van der Waals surface area contributed by atoms with Crippen molar-refractivity contribution in [2.75, 3.05) is 7.11 Å². The van der Waals surface area contributed by atoms with Crippen molar-refractivity contribution < 1.29 is 9.94 Å². The molecule has 1 aliphatic rings. The molecular weight excluding hydrogens is 178 g/mol. The van der Waals surface area contributed by atoms with E-state index in [1.807, 2.05) is 6.07 Å². The highest BCUT2D eigenvalue weighted by molar-refractivity contribution is 5.37. The second-order valence-corrected chi connectivity index (χ2v) is 3.70. The van der Waals surface area contributed by atoms with Gasteiger partial charge in [-0.05, 0) is 42.5 Å². The van der Waals surface area contributed by atoms with Crippen LogP contribution in [-0.4, -0.2) is 18.4 Å². The first-order valence-corrected chi connectivity index (χ1v) is 4.89. The summed E-state index contributed by atoms with van der Waals surface area (Å²) in [6.45, 7) is 0. The highest BCUT2D eigenvalue weighted by Gasteiger charge is 2.17. The number of aryl methyl sites for hydroxylation is 1. The van der Waals surface area contributed by atoms with E-state index in [2.05, 4.69) is 17.6 Å². The zero-order valence-corrected chi connectivity index (χ0v) is 8.29. The summed E-state index contributed by atoms with van der Waals surface area (Å²) >= 11 is 0. The maximum atomic E-state index is 8.86. The third-order valence-corrected chi connectivity index (χ3v) is 2.82. The summed E-state index contributed by atoms with van der Waals surface area (Å²) in [6, 6.07) is 6.35. The lowest BCUT2D eigenvalue weighted by Gasteiger charge is -2.23. The molecule has 0 saturated heterocycles. The molecule has 0 radical (unpaired) electrons. The van der Waals surface area contributed by atoms with E-state index in [1.165, 1.54) is 11.1 Å². The van der Waals surface area contributed by atoms with Gasteiger partial charge in [0.25, 0.3) is 0 Å². The molecule has 0 saturated carbocycles. The number of hydrogen-bond acceptors (Lipinski definition) is 3. The van der Waals surface area contributed by atoms with Gasteiger partial charge in [-0.1, -0.05) is 6.07 Å². The Morgan fingerprint density at radius 1 is 1.43 bits per heavy atom. The van der Waals surface area contributed by atoms with Gasteiger partial charge in [0.2, 0.25) is 0 Å². The van der Waals surface area contributed by atoms with Gasteiger partial charge in [-0.3, -0.25) is 0 Å². The Labute approximate surface area is 83.7 Å². The van der Waals surface area contributed by atoms with E-state index in [1.54, 1.807) is 7.11 Å². The Balaban J connectivity index is 2.25. The quantitative estimate of drug-likeness (QED) is 0.700. The van der Waals surface area contributed by atoms with E-state index in [4.69, 9.17) is 9.94 Å². The average Bonchev–Trinajstić information content (AvgIpc) is 2.27. The molecule has 0 amide bonds. The van der Waals surface area contributed by atoms with Gasteiger partial charge in [-0.15, -0.1) is 0 Å². The summed E-state index contributed by atoms with van der Waals surface area (Å²) in [5.74, 6) is 0.891. The number of rotatable bonds is 2. The standard InChI is InChI=1S/C11H15NO2/c1-14-11-5-3-8-2-4-10(12-13)6-9(8)7-11/h3,5,7,10,12-13H,2,4,6H2,1H3. The first-order chi connectivity index (χ1) is 6.83. The number of hydrogen-bond donors (Lipinski definition) is 2. The topological polar surface area (TPSA) is 41.5 Å². The summed E-state index contributed by atoms with van der Waals surface area (Å²) < 4.78 is 5.17. The summed E-state index contributed by atoms with van der Waals surface area (Å²) in [6.07, 6.45) is 2.90. The highest BCUT2D eigenvalue weighted by Crippen LogP contribution is 2.25. The number of benzene rings is 1. The Hall–Kier alpha value is -1.06. The lowest BCUT2D eigenvalue weighted by atomic mass is 9.88. The molecule has 3 heteroatoms. The Morgan fingerprint density at radius 2 is 2.29 bits per heavy atom. The molecule has 0 spiro atoms. The van der Waals surface area contributed by atoms with Crippen LogP contribution in [0.3, 0.4) is 0 Å². The molecule has 1 aromatic rings. The van der Waals surface area contributed by atoms with Crippen molar-refractivity contribution in [3.63, 3.8) is 0 Å². The smallest absolute Gasteiger partial charge is 0.119 e. The van der Waals surface area contributed by atoms with E-state index >= 15 is 0 Å². The van der Waals surface area contributed by atoms with E-state index in [0.717, 1.165) is 25.0 Å². The van der Waals surface area contributed by atoms with Crippen molar-refractivity contribution >= 4 is 0 Å². The number of fused-ring (bicyclic) bond motifs is 1. The molecule has 1 aromatic carbocycles. The van der Waals surface area contributed by atoms with E-state index in [-0.39, 0.29) is 6.04 Å². The molecule has 0 fully saturated rings. The van der Waals surface area contributed by atoms with Crippen LogP contribution in [0.15, 0.2) is 18.2 Å². The van der Waals surface area contributed by atoms with Gasteiger partial charge in [-0.2, -0.15) is 0 Å². The monoisotopic (exact) mass is 193 g/mol. The summed E-state index contributed by atoms with van der Waals surface area (Å²) in [4.78, 5) is 0. The third kappa shape index (κ3) is 1.74. The molecule has 0 heterocycles. The fourth-order valence-corrected chi connectivity index (χ4v) is 1.97. The molecule has 0 aliphatic heterocycles. The highest BCUT2D eigenvalue weighted by atomic mass is 16.5. The van der Waals surface area contributed by atoms with Crippen LogP contribution in [0.25, 0.3) is 0 Å². The SMILES string of the molecule is COc1ccc2c(c1)CC(NO)CC2. The fraction of sp³-hybridized carbons (Fsp3) is 0.455. The van der Waals surface area contributed by atoms with Gasteiger partial charge in [0.15, 0.2) is 0 Å². The summed E-state index contributed by atoms with van der Waals surface area (Å²) in [7, 11) is 1.67. The predicted molar refractivity (Wildman–Crippen MR) is 53.7 cm³/mol. The average molecular weight is 193 g/mol. The van der Waals surface area contributed by atoms with Crippen LogP contribution in [-0.2, 0) is 12.8 Å². The molecule has 0 bridgehead atoms. The van der Waals surface area contributed by atoms with E-state index in [9.17, 15) is 0 Å². The Bertz CT molecular complexity index is 325. The van der Waals surface area contributed by atoms with Crippen LogP contribution in [0, 0.1) is 0 Å². The predicted octanol–water partition coefficient (Wildman–Crippen LogP) is 1.53. The van der Waals surface area contributed by atoms with Crippen molar-refractivity contribution in [1.82, 2.24) is 5.48 Å². The van der Waals surface area contributed by atoms with Crippen molar-refractivity contribution in [3.05, 3.63) is 29.3 Å². The van der Waals surface area contributed by atoms with Crippen LogP contribution in [0.4, 0.5) is 0 Å². The molecular formula is C11H15NO2. The number of ether oxygens (including phenoxy) is 1. The maximum Gasteiger partial charge on any atom is 0.119 e. The van der Waals surface area contributed by atoms with Crippen LogP contribution in [0.2, 0.25) is 0 Å². The van der Waals surface area contributed by atoms with Crippen molar-refractivity contribution in [2.24, 2.45) is 0 Å². The Morgan fingerprint density at radius 3 is 3.00 bits per heavy atom. The van der Waals surface area contributed by atoms with Crippen LogP contribution in [0.1, 0.15) is 17.5 Å². The first kappa shape index (κ1) is 9.49. The zero-order chi connectivity index (χ0) is 9.97. The fourth-order valence-electron chi connectivity index (χ4n) is 1.97. The lowest BCUT2D eigenvalue weighted by molar-refractivity contribution is 0.119. The number of hydroxylamine groups is 1. The lowest BCUT2D eigenvalue weighted by Crippen LogP contribution is -2.31. The molecule has 1 atom stereocenters. The summed E-state index contributed by atoms with van der Waals surface area (Å²) in [5.41, 5.74) is 4.99. The molecule has 76 valence electrons. The van der Waals surface area contributed by atoms with Gasteiger partial charge >= 0.3 is 0 Å². The first-order valence-electron chi connectivity index (χ1n) is 4.89. The molecule has 0 aromatic heterocycles. The van der Waals surface area contributed by atoms with Crippen LogP contribution >= 0.6 is 0 Å². The Kier molecular flexibility index (Phi) is 2.70. The number of methoxy groups -OCH3 is 1. The number of nitrogens with one attached hydrogen (secondary N) is 1. The van der Waals surface area contributed by atoms with Crippen molar-refractivity contribution in [2.45, 2.75) is 25.3 Å². The normalized spacial score (nSPS) is 20.3. The van der Waals surface area contributed by atoms with Gasteiger partial charge in [0.1, 0.15) is 5.75 Å². The largest absolute Gasteiger partial charge is 0.497 e. The second-order valence-electron chi connectivity index (χ2n) is 3.70. The molecule has 2 N–H and O–H groups in total. The minimum absolute atomic E-state index is 0.189. The minimum atomic E-state index is 0.189. The van der Waals surface area contributed by atoms with Gasteiger partial charge in [0.05, 0.1) is 7.11 Å². The van der Waals surface area contributed by atoms with Crippen molar-refractivity contribution in [3.8, 4) is 5.75 Å². The van der Waals surface area contributed by atoms with Crippen molar-refractivity contribution in [1.29, 1.82) is 0 Å². The summed E-state index contributed by atoms with van der Waals surface area (Å²) in [5, 5.41) is 8.86. The van der Waals surface area contributed by atoms with Crippen LogP contribution < -0.4 is 10.2 Å². The molecule has 1 aliphatic carbocycles. The minimum Gasteiger partial charge on any atom is -0.497 e. The van der Waals surface area contributed by atoms with E-state index < -0.39 is 0 Å². The molecule has 2 rings (SSSR count). The van der Waals surface area contributed by atoms with Crippen LogP contribution in [0.5, 0.6) is 5.75 Å². The molecule has 3 nitrogen and oxygen atoms in total. The third-order valence-electron chi connectivity index (χ3n) is 2.82. The molecule has 14 heavy (non-hydrogen) atoms. The van der Waals surface area contributed by atoms with Gasteiger partial charge in [0, 0.05) is 6.04 Å². The second kappa shape index (κ2) is 3.98. The zero-order valence-electron chi connectivity index (χ0n) is 8.29. The maximum absolute atomic E-state index is 8.86. The van der Waals surface area contributed by atoms with Gasteiger partial charge in [-0.25, -0.2) is 5.48 Å².